The summed E-state index contributed by atoms with van der Waals surface area (Å²) in [7, 11) is 0. The van der Waals surface area contributed by atoms with Gasteiger partial charge in [0.05, 0.1) is 11.0 Å². The van der Waals surface area contributed by atoms with Gasteiger partial charge < -0.3 is 9.47 Å². The van der Waals surface area contributed by atoms with Crippen LogP contribution in [0.25, 0.3) is 27.5 Å². The maximum absolute atomic E-state index is 2.36. The summed E-state index contributed by atoms with van der Waals surface area (Å²) in [5.41, 5.74) is 7.00. The van der Waals surface area contributed by atoms with E-state index in [1.807, 2.05) is 0 Å². The topological polar surface area (TPSA) is 8.17 Å². The van der Waals surface area contributed by atoms with Crippen molar-refractivity contribution in [3.8, 4) is 5.69 Å². The number of anilines is 3. The van der Waals surface area contributed by atoms with E-state index in [1.165, 1.54) is 27.5 Å². The van der Waals surface area contributed by atoms with Crippen molar-refractivity contribution >= 4 is 38.9 Å². The fourth-order valence-electron chi connectivity index (χ4n) is 4.55. The molecule has 0 aliphatic carbocycles. The molecule has 0 amide bonds. The van der Waals surface area contributed by atoms with E-state index in [1.54, 1.807) is 0 Å². The third kappa shape index (κ3) is 3.05. The van der Waals surface area contributed by atoms with Gasteiger partial charge in [0, 0.05) is 33.5 Å². The highest BCUT2D eigenvalue weighted by molar-refractivity contribution is 6.10. The fourth-order valence-corrected chi connectivity index (χ4v) is 4.55. The standard InChI is InChI=1S/C30H22N2/c1-4-12-23(13-5-1)31(24-14-6-2-7-15-24)26-20-21-28-27-18-10-11-19-29(27)32(30(28)22-26)25-16-8-3-9-17-25/h1-22H. The number of aromatic nitrogens is 1. The van der Waals surface area contributed by atoms with Crippen molar-refractivity contribution in [2.45, 2.75) is 0 Å². The van der Waals surface area contributed by atoms with Crippen LogP contribution >= 0.6 is 0 Å². The molecule has 0 atom stereocenters. The minimum absolute atomic E-state index is 1.13. The molecule has 0 aliphatic rings. The molecule has 0 unspecified atom stereocenters. The van der Waals surface area contributed by atoms with Crippen LogP contribution in [-0.4, -0.2) is 4.57 Å². The van der Waals surface area contributed by atoms with Gasteiger partial charge in [0.2, 0.25) is 0 Å². The van der Waals surface area contributed by atoms with E-state index in [9.17, 15) is 0 Å². The zero-order valence-electron chi connectivity index (χ0n) is 17.6. The molecule has 1 aromatic heterocycles. The summed E-state index contributed by atoms with van der Waals surface area (Å²) in [6, 6.07) is 47.1. The van der Waals surface area contributed by atoms with E-state index < -0.39 is 0 Å². The summed E-state index contributed by atoms with van der Waals surface area (Å²) in [6.45, 7) is 0. The lowest BCUT2D eigenvalue weighted by Crippen LogP contribution is -2.09. The molecule has 32 heavy (non-hydrogen) atoms. The van der Waals surface area contributed by atoms with Crippen LogP contribution in [0.1, 0.15) is 0 Å². The van der Waals surface area contributed by atoms with Crippen LogP contribution in [0, 0.1) is 0 Å². The third-order valence-electron chi connectivity index (χ3n) is 5.96. The van der Waals surface area contributed by atoms with Crippen molar-refractivity contribution in [3.63, 3.8) is 0 Å². The minimum atomic E-state index is 1.13. The summed E-state index contributed by atoms with van der Waals surface area (Å²) < 4.78 is 2.36. The quantitative estimate of drug-likeness (QED) is 0.284. The number of rotatable bonds is 4. The second-order valence-corrected chi connectivity index (χ2v) is 7.90. The predicted octanol–water partition coefficient (Wildman–Crippen LogP) is 8.25. The average molecular weight is 411 g/mol. The Kier molecular flexibility index (Phi) is 4.47. The first kappa shape index (κ1) is 18.5. The van der Waals surface area contributed by atoms with Crippen LogP contribution in [0.3, 0.4) is 0 Å². The van der Waals surface area contributed by atoms with Crippen molar-refractivity contribution in [2.24, 2.45) is 0 Å². The van der Waals surface area contributed by atoms with E-state index in [4.69, 9.17) is 0 Å². The van der Waals surface area contributed by atoms with Crippen LogP contribution in [0.4, 0.5) is 17.1 Å². The van der Waals surface area contributed by atoms with Crippen LogP contribution in [-0.2, 0) is 0 Å². The van der Waals surface area contributed by atoms with E-state index in [0.29, 0.717) is 0 Å². The molecule has 6 aromatic rings. The number of fused-ring (bicyclic) bond motifs is 3. The molecular formula is C30H22N2. The Morgan fingerprint density at radius 3 is 1.59 bits per heavy atom. The number of benzene rings is 5. The first-order valence-electron chi connectivity index (χ1n) is 10.9. The average Bonchev–Trinajstić information content (AvgIpc) is 3.20. The Hall–Kier alpha value is -4.30. The summed E-state index contributed by atoms with van der Waals surface area (Å²) >= 11 is 0. The highest BCUT2D eigenvalue weighted by atomic mass is 15.1. The van der Waals surface area contributed by atoms with Gasteiger partial charge in [-0.05, 0) is 54.6 Å². The summed E-state index contributed by atoms with van der Waals surface area (Å²) in [4.78, 5) is 2.31. The second-order valence-electron chi connectivity index (χ2n) is 7.90. The molecule has 1 heterocycles. The van der Waals surface area contributed by atoms with Gasteiger partial charge in [-0.3, -0.25) is 0 Å². The molecule has 152 valence electrons. The fraction of sp³-hybridized carbons (Fsp3) is 0. The molecule has 6 rings (SSSR count). The van der Waals surface area contributed by atoms with Crippen LogP contribution in [0.2, 0.25) is 0 Å². The molecule has 0 spiro atoms. The molecule has 2 heteroatoms. The van der Waals surface area contributed by atoms with Gasteiger partial charge in [-0.2, -0.15) is 0 Å². The van der Waals surface area contributed by atoms with Crippen LogP contribution in [0.5, 0.6) is 0 Å². The van der Waals surface area contributed by atoms with Crippen molar-refractivity contribution in [1.29, 1.82) is 0 Å². The van der Waals surface area contributed by atoms with Crippen molar-refractivity contribution < 1.29 is 0 Å². The monoisotopic (exact) mass is 410 g/mol. The van der Waals surface area contributed by atoms with Crippen molar-refractivity contribution in [1.82, 2.24) is 4.57 Å². The zero-order valence-corrected chi connectivity index (χ0v) is 17.6. The maximum atomic E-state index is 2.36. The van der Waals surface area contributed by atoms with E-state index >= 15 is 0 Å². The minimum Gasteiger partial charge on any atom is -0.310 e. The van der Waals surface area contributed by atoms with Crippen LogP contribution < -0.4 is 4.90 Å². The zero-order chi connectivity index (χ0) is 21.3. The Morgan fingerprint density at radius 1 is 0.406 bits per heavy atom. The summed E-state index contributed by atoms with van der Waals surface area (Å²) in [5, 5.41) is 2.53. The molecule has 0 radical (unpaired) electrons. The van der Waals surface area contributed by atoms with Crippen LogP contribution in [0.15, 0.2) is 133 Å². The van der Waals surface area contributed by atoms with Gasteiger partial charge in [0.1, 0.15) is 0 Å². The van der Waals surface area contributed by atoms with Crippen molar-refractivity contribution in [2.75, 3.05) is 4.90 Å². The van der Waals surface area contributed by atoms with Gasteiger partial charge in [0.25, 0.3) is 0 Å². The summed E-state index contributed by atoms with van der Waals surface area (Å²) in [5.74, 6) is 0. The highest BCUT2D eigenvalue weighted by Gasteiger charge is 2.16. The molecule has 5 aromatic carbocycles. The molecule has 0 aliphatic heterocycles. The van der Waals surface area contributed by atoms with E-state index in [-0.39, 0.29) is 0 Å². The Balaban J connectivity index is 1.65. The van der Waals surface area contributed by atoms with Gasteiger partial charge in [0.15, 0.2) is 0 Å². The molecule has 0 saturated heterocycles. The van der Waals surface area contributed by atoms with Gasteiger partial charge in [-0.25, -0.2) is 0 Å². The largest absolute Gasteiger partial charge is 0.310 e. The third-order valence-corrected chi connectivity index (χ3v) is 5.96. The molecule has 0 fully saturated rings. The Labute approximate surface area is 187 Å². The lowest BCUT2D eigenvalue weighted by Gasteiger charge is -2.25. The predicted molar refractivity (Wildman–Crippen MR) is 135 cm³/mol. The van der Waals surface area contributed by atoms with Gasteiger partial charge in [-0.1, -0.05) is 78.9 Å². The van der Waals surface area contributed by atoms with Gasteiger partial charge in [-0.15, -0.1) is 0 Å². The Bertz CT molecular complexity index is 1460. The lowest BCUT2D eigenvalue weighted by molar-refractivity contribution is 1.18. The first-order valence-corrected chi connectivity index (χ1v) is 10.9. The maximum Gasteiger partial charge on any atom is 0.0561 e. The molecule has 0 N–H and O–H groups in total. The van der Waals surface area contributed by atoms with E-state index in [0.717, 1.165) is 17.1 Å². The molecular weight excluding hydrogens is 388 g/mol. The Morgan fingerprint density at radius 2 is 0.938 bits per heavy atom. The van der Waals surface area contributed by atoms with Crippen molar-refractivity contribution in [3.05, 3.63) is 133 Å². The number of para-hydroxylation sites is 4. The molecule has 0 bridgehead atoms. The van der Waals surface area contributed by atoms with Gasteiger partial charge >= 0.3 is 0 Å². The second kappa shape index (κ2) is 7.75. The molecule has 2 nitrogen and oxygen atoms in total. The summed E-state index contributed by atoms with van der Waals surface area (Å²) in [6.07, 6.45) is 0. The number of nitrogens with zero attached hydrogens (tertiary/aromatic N) is 2. The lowest BCUT2D eigenvalue weighted by atomic mass is 10.1. The highest BCUT2D eigenvalue weighted by Crippen LogP contribution is 2.39. The smallest absolute Gasteiger partial charge is 0.0561 e. The molecule has 0 saturated carbocycles. The SMILES string of the molecule is c1ccc(N(c2ccccc2)c2ccc3c4ccccc4n(-c4ccccc4)c3c2)cc1. The number of hydrogen-bond donors (Lipinski definition) is 0. The number of hydrogen-bond acceptors (Lipinski definition) is 1. The first-order chi connectivity index (χ1) is 15.9. The van der Waals surface area contributed by atoms with E-state index in [2.05, 4.69) is 143 Å². The normalized spacial score (nSPS) is 11.1.